The van der Waals surface area contributed by atoms with Gasteiger partial charge in [-0.1, -0.05) is 168 Å². The predicted octanol–water partition coefficient (Wildman–Crippen LogP) is 11.6. The minimum absolute atomic E-state index is 0.728. The largest absolute Gasteiger partial charge is 0.257 e. The third-order valence-corrected chi connectivity index (χ3v) is 8.33. The molecule has 0 aromatic carbocycles. The second-order valence-electron chi connectivity index (χ2n) is 11.7. The average Bonchev–Trinajstić information content (AvgIpc) is 3.37. The molecule has 0 amide bonds. The lowest BCUT2D eigenvalue weighted by Gasteiger charge is -2.14. The van der Waals surface area contributed by atoms with Gasteiger partial charge in [-0.05, 0) is 19.8 Å². The van der Waals surface area contributed by atoms with Crippen LogP contribution in [0.3, 0.4) is 0 Å². The molecule has 0 aliphatic rings. The van der Waals surface area contributed by atoms with Crippen molar-refractivity contribution in [3.05, 3.63) is 18.2 Å². The van der Waals surface area contributed by atoms with E-state index in [0.717, 1.165) is 12.5 Å². The summed E-state index contributed by atoms with van der Waals surface area (Å²) in [6.07, 6.45) is 41.8. The Balaban J connectivity index is 2.05. The molecule has 0 fully saturated rings. The first-order chi connectivity index (χ1) is 17.8. The second kappa shape index (κ2) is 25.8. The van der Waals surface area contributed by atoms with Gasteiger partial charge in [-0.25, -0.2) is 9.55 Å². The number of hydrogen-bond acceptors (Lipinski definition) is 0. The zero-order valence-corrected chi connectivity index (χ0v) is 25.3. The number of rotatable bonds is 28. The quantitative estimate of drug-likeness (QED) is 0.0866. The van der Waals surface area contributed by atoms with Crippen molar-refractivity contribution in [2.75, 3.05) is 0 Å². The zero-order valence-electron chi connectivity index (χ0n) is 25.3. The van der Waals surface area contributed by atoms with Crippen LogP contribution in [-0.4, -0.2) is 4.98 Å². The van der Waals surface area contributed by atoms with Gasteiger partial charge < -0.3 is 0 Å². The molecule has 1 N–H and O–H groups in total. The highest BCUT2D eigenvalue weighted by molar-refractivity contribution is 4.90. The van der Waals surface area contributed by atoms with Gasteiger partial charge in [0, 0.05) is 0 Å². The topological polar surface area (TPSA) is 19.7 Å². The van der Waals surface area contributed by atoms with E-state index in [1.807, 2.05) is 0 Å². The summed E-state index contributed by atoms with van der Waals surface area (Å²) in [6, 6.07) is 0. The van der Waals surface area contributed by atoms with Gasteiger partial charge >= 0.3 is 0 Å². The Morgan fingerprint density at radius 2 is 0.833 bits per heavy atom. The molecule has 0 unspecified atom stereocenters. The fourth-order valence-corrected chi connectivity index (χ4v) is 5.89. The molecule has 0 radical (unpaired) electrons. The Morgan fingerprint density at radius 1 is 0.500 bits per heavy atom. The van der Waals surface area contributed by atoms with E-state index in [-0.39, 0.29) is 0 Å². The van der Waals surface area contributed by atoms with Gasteiger partial charge in [0.2, 0.25) is 0 Å². The summed E-state index contributed by atoms with van der Waals surface area (Å²) in [5, 5.41) is 0. The number of H-pyrrole nitrogens is 1. The lowest BCUT2D eigenvalue weighted by atomic mass is 9.93. The highest BCUT2D eigenvalue weighted by Crippen LogP contribution is 2.26. The van der Waals surface area contributed by atoms with E-state index in [4.69, 9.17) is 0 Å². The Morgan fingerprint density at radius 3 is 1.17 bits per heavy atom. The Hall–Kier alpha value is -0.790. The lowest BCUT2D eigenvalue weighted by Crippen LogP contribution is -2.36. The van der Waals surface area contributed by atoms with Crippen LogP contribution < -0.4 is 4.57 Å². The molecule has 2 heteroatoms. The monoisotopic (exact) mass is 504 g/mol. The standard InChI is InChI=1S/C34H66N2/c1-4-7-9-11-13-15-16-17-18-19-20-21-22-24-26-28-30-33(34-35-31-32-36(34)6-3)29-27-25-23-14-12-10-8-5-2/h31-33H,4-30H2,1-3H3/p+1/t33-/m0/s1. The van der Waals surface area contributed by atoms with Crippen molar-refractivity contribution in [3.8, 4) is 0 Å². The maximum Gasteiger partial charge on any atom is 0.257 e. The number of aromatic nitrogens is 2. The van der Waals surface area contributed by atoms with Crippen molar-refractivity contribution >= 4 is 0 Å². The minimum Gasteiger partial charge on any atom is -0.247 e. The molecule has 0 saturated heterocycles. The number of nitrogens with zero attached hydrogens (tertiary/aromatic N) is 1. The fourth-order valence-electron chi connectivity index (χ4n) is 5.89. The summed E-state index contributed by atoms with van der Waals surface area (Å²) >= 11 is 0. The molecular weight excluding hydrogens is 436 g/mol. The second-order valence-corrected chi connectivity index (χ2v) is 11.7. The molecule has 1 aromatic rings. The van der Waals surface area contributed by atoms with Crippen LogP contribution in [0, 0.1) is 0 Å². The number of unbranched alkanes of at least 4 members (excludes halogenated alkanes) is 22. The molecule has 36 heavy (non-hydrogen) atoms. The molecule has 1 heterocycles. The van der Waals surface area contributed by atoms with Crippen molar-refractivity contribution in [1.82, 2.24) is 4.98 Å². The summed E-state index contributed by atoms with van der Waals surface area (Å²) < 4.78 is 2.45. The summed E-state index contributed by atoms with van der Waals surface area (Å²) in [5.41, 5.74) is 0. The van der Waals surface area contributed by atoms with Crippen LogP contribution in [-0.2, 0) is 6.54 Å². The number of imidazole rings is 1. The first-order valence-corrected chi connectivity index (χ1v) is 16.9. The number of nitrogens with one attached hydrogen (secondary N) is 1. The molecule has 0 bridgehead atoms. The van der Waals surface area contributed by atoms with Crippen LogP contribution in [0.2, 0.25) is 0 Å². The third-order valence-electron chi connectivity index (χ3n) is 8.33. The van der Waals surface area contributed by atoms with Crippen LogP contribution in [0.4, 0.5) is 0 Å². The molecule has 0 aliphatic carbocycles. The van der Waals surface area contributed by atoms with Crippen LogP contribution in [0.15, 0.2) is 12.4 Å². The highest BCUT2D eigenvalue weighted by atomic mass is 15.1. The van der Waals surface area contributed by atoms with Crippen LogP contribution in [0.5, 0.6) is 0 Å². The lowest BCUT2D eigenvalue weighted by molar-refractivity contribution is -0.701. The molecule has 212 valence electrons. The Labute approximate surface area is 227 Å². The van der Waals surface area contributed by atoms with E-state index >= 15 is 0 Å². The summed E-state index contributed by atoms with van der Waals surface area (Å²) in [4.78, 5) is 3.60. The van der Waals surface area contributed by atoms with E-state index in [9.17, 15) is 0 Å². The number of aryl methyl sites for hydroxylation is 1. The van der Waals surface area contributed by atoms with Gasteiger partial charge in [0.15, 0.2) is 0 Å². The van der Waals surface area contributed by atoms with Gasteiger partial charge in [0.25, 0.3) is 5.82 Å². The van der Waals surface area contributed by atoms with Crippen LogP contribution in [0.25, 0.3) is 0 Å². The van der Waals surface area contributed by atoms with Crippen LogP contribution >= 0.6 is 0 Å². The first kappa shape index (κ1) is 33.2. The van der Waals surface area contributed by atoms with Crippen molar-refractivity contribution < 1.29 is 4.57 Å². The van der Waals surface area contributed by atoms with E-state index < -0.39 is 0 Å². The summed E-state index contributed by atoms with van der Waals surface area (Å²) in [6.45, 7) is 7.98. The van der Waals surface area contributed by atoms with Gasteiger partial charge in [-0.15, -0.1) is 0 Å². The molecule has 0 aliphatic heterocycles. The van der Waals surface area contributed by atoms with E-state index in [1.54, 1.807) is 0 Å². The third kappa shape index (κ3) is 18.5. The fraction of sp³-hybridized carbons (Fsp3) is 0.912. The zero-order chi connectivity index (χ0) is 25.9. The van der Waals surface area contributed by atoms with Crippen molar-refractivity contribution in [3.63, 3.8) is 0 Å². The minimum atomic E-state index is 0.728. The number of hydrogen-bond donors (Lipinski definition) is 1. The Bertz CT molecular complexity index is 549. The predicted molar refractivity (Wildman–Crippen MR) is 161 cm³/mol. The van der Waals surface area contributed by atoms with Gasteiger partial charge in [-0.2, -0.15) is 0 Å². The SMILES string of the molecule is CCCCCCCCCCCCCCCCCC[C@H](CCCCCCCCCC)c1[nH]cc[n+]1CC. The van der Waals surface area contributed by atoms with E-state index in [1.165, 1.54) is 173 Å². The molecule has 1 rings (SSSR count). The highest BCUT2D eigenvalue weighted by Gasteiger charge is 2.21. The van der Waals surface area contributed by atoms with Gasteiger partial charge in [0.05, 0.1) is 12.5 Å². The van der Waals surface area contributed by atoms with Crippen molar-refractivity contribution in [2.45, 2.75) is 200 Å². The molecular formula is C34H67N2+. The molecule has 1 aromatic heterocycles. The summed E-state index contributed by atoms with van der Waals surface area (Å²) in [5.74, 6) is 2.22. The summed E-state index contributed by atoms with van der Waals surface area (Å²) in [7, 11) is 0. The average molecular weight is 504 g/mol. The van der Waals surface area contributed by atoms with E-state index in [2.05, 4.69) is 42.7 Å². The van der Waals surface area contributed by atoms with Gasteiger partial charge in [0.1, 0.15) is 12.4 Å². The maximum absolute atomic E-state index is 3.60. The first-order valence-electron chi connectivity index (χ1n) is 16.9. The molecule has 1 atom stereocenters. The van der Waals surface area contributed by atoms with Crippen molar-refractivity contribution in [2.24, 2.45) is 0 Å². The smallest absolute Gasteiger partial charge is 0.247 e. The van der Waals surface area contributed by atoms with Crippen LogP contribution in [0.1, 0.15) is 199 Å². The van der Waals surface area contributed by atoms with Crippen molar-refractivity contribution in [1.29, 1.82) is 0 Å². The normalized spacial score (nSPS) is 12.4. The molecule has 0 saturated carbocycles. The van der Waals surface area contributed by atoms with Gasteiger partial charge in [-0.3, -0.25) is 0 Å². The van der Waals surface area contributed by atoms with E-state index in [0.29, 0.717) is 0 Å². The maximum atomic E-state index is 3.60. The molecule has 2 nitrogen and oxygen atoms in total. The molecule has 0 spiro atoms. The number of aromatic amines is 1. The Kier molecular flexibility index (Phi) is 23.9.